The van der Waals surface area contributed by atoms with Crippen LogP contribution in [0.3, 0.4) is 0 Å². The van der Waals surface area contributed by atoms with Crippen molar-refractivity contribution in [2.75, 3.05) is 12.8 Å². The Morgan fingerprint density at radius 3 is 2.52 bits per heavy atom. The van der Waals surface area contributed by atoms with Gasteiger partial charge in [-0.15, -0.1) is 0 Å². The molecular weight excluding hydrogens is 276 g/mol. The van der Waals surface area contributed by atoms with Gasteiger partial charge in [0.05, 0.1) is 7.11 Å². The van der Waals surface area contributed by atoms with E-state index in [4.69, 9.17) is 10.5 Å². The van der Waals surface area contributed by atoms with Crippen molar-refractivity contribution in [3.8, 4) is 17.0 Å². The average Bonchev–Trinajstić information content (AvgIpc) is 2.85. The van der Waals surface area contributed by atoms with E-state index in [1.807, 2.05) is 0 Å². The second kappa shape index (κ2) is 5.05. The molecule has 0 saturated carbocycles. The highest BCUT2D eigenvalue weighted by Gasteiger charge is 2.15. The number of hydrogen-bond donors (Lipinski definition) is 1. The second-order valence-corrected chi connectivity index (χ2v) is 4.54. The van der Waals surface area contributed by atoms with Gasteiger partial charge in [0.2, 0.25) is 0 Å². The lowest BCUT2D eigenvalue weighted by atomic mass is 10.1. The van der Waals surface area contributed by atoms with Gasteiger partial charge in [-0.1, -0.05) is 24.3 Å². The van der Waals surface area contributed by atoms with E-state index in [2.05, 4.69) is 4.98 Å². The first-order valence-electron chi connectivity index (χ1n) is 6.31. The van der Waals surface area contributed by atoms with Crippen molar-refractivity contribution in [1.82, 2.24) is 9.38 Å². The number of pyridine rings is 1. The highest BCUT2D eigenvalue weighted by atomic mass is 19.3. The Bertz CT molecular complexity index is 781. The van der Waals surface area contributed by atoms with Crippen LogP contribution in [0.25, 0.3) is 16.9 Å². The molecule has 21 heavy (non-hydrogen) atoms. The maximum atomic E-state index is 12.6. The number of anilines is 1. The van der Waals surface area contributed by atoms with E-state index in [1.165, 1.54) is 12.1 Å². The zero-order valence-corrected chi connectivity index (χ0v) is 11.3. The van der Waals surface area contributed by atoms with Crippen LogP contribution in [0.1, 0.15) is 12.0 Å². The highest BCUT2D eigenvalue weighted by Crippen LogP contribution is 2.31. The first-order valence-corrected chi connectivity index (χ1v) is 6.31. The van der Waals surface area contributed by atoms with E-state index in [-0.39, 0.29) is 5.56 Å². The summed E-state index contributed by atoms with van der Waals surface area (Å²) in [6.45, 7) is 0. The van der Waals surface area contributed by atoms with Crippen LogP contribution in [0.2, 0.25) is 0 Å². The number of nitrogens with zero attached hydrogens (tertiary/aromatic N) is 2. The van der Waals surface area contributed by atoms with Gasteiger partial charge >= 0.3 is 0 Å². The van der Waals surface area contributed by atoms with Crippen molar-refractivity contribution in [2.24, 2.45) is 0 Å². The number of halogens is 2. The molecule has 0 aliphatic carbocycles. The van der Waals surface area contributed by atoms with E-state index >= 15 is 0 Å². The van der Waals surface area contributed by atoms with Crippen LogP contribution in [0, 0.1) is 0 Å². The van der Waals surface area contributed by atoms with Crippen molar-refractivity contribution in [1.29, 1.82) is 0 Å². The van der Waals surface area contributed by atoms with Gasteiger partial charge in [0, 0.05) is 17.3 Å². The molecule has 0 fully saturated rings. The molecule has 1 aromatic carbocycles. The summed E-state index contributed by atoms with van der Waals surface area (Å²) < 4.78 is 32.1. The average molecular weight is 289 g/mol. The predicted molar refractivity (Wildman–Crippen MR) is 76.5 cm³/mol. The fourth-order valence-corrected chi connectivity index (χ4v) is 2.22. The maximum absolute atomic E-state index is 12.6. The van der Waals surface area contributed by atoms with E-state index in [1.54, 1.807) is 42.0 Å². The number of alkyl halides is 2. The van der Waals surface area contributed by atoms with Crippen LogP contribution >= 0.6 is 0 Å². The molecule has 0 aliphatic rings. The quantitative estimate of drug-likeness (QED) is 0.802. The highest BCUT2D eigenvalue weighted by molar-refractivity contribution is 5.77. The summed E-state index contributed by atoms with van der Waals surface area (Å²) in [6.07, 6.45) is -0.713. The summed E-state index contributed by atoms with van der Waals surface area (Å²) in [5, 5.41) is 0. The van der Waals surface area contributed by atoms with Gasteiger partial charge in [0.1, 0.15) is 11.5 Å². The molecule has 0 aliphatic heterocycles. The van der Waals surface area contributed by atoms with Gasteiger partial charge in [-0.3, -0.25) is 4.40 Å². The molecule has 108 valence electrons. The van der Waals surface area contributed by atoms with Gasteiger partial charge in [0.15, 0.2) is 11.4 Å². The minimum Gasteiger partial charge on any atom is -0.493 e. The van der Waals surface area contributed by atoms with Crippen molar-refractivity contribution in [3.63, 3.8) is 0 Å². The Kier molecular flexibility index (Phi) is 3.21. The first-order chi connectivity index (χ1) is 10.1. The fourth-order valence-electron chi connectivity index (χ4n) is 2.22. The normalized spacial score (nSPS) is 11.2. The number of ether oxygens (including phenoxy) is 1. The lowest BCUT2D eigenvalue weighted by molar-refractivity contribution is 0.151. The molecule has 0 atom stereocenters. The molecule has 3 rings (SSSR count). The van der Waals surface area contributed by atoms with E-state index in [0.29, 0.717) is 28.5 Å². The first kappa shape index (κ1) is 13.4. The molecule has 2 N–H and O–H groups in total. The molecule has 0 amide bonds. The molecule has 0 radical (unpaired) electrons. The van der Waals surface area contributed by atoms with Gasteiger partial charge in [-0.2, -0.15) is 0 Å². The maximum Gasteiger partial charge on any atom is 0.263 e. The lowest BCUT2D eigenvalue weighted by Crippen LogP contribution is -1.95. The molecule has 0 unspecified atom stereocenters. The molecule has 0 saturated heterocycles. The lowest BCUT2D eigenvalue weighted by Gasteiger charge is -2.02. The molecule has 0 spiro atoms. The van der Waals surface area contributed by atoms with Crippen LogP contribution in [-0.2, 0) is 0 Å². The standard InChI is InChI=1S/C15H13F2N3O/c1-21-11-3-2-8-20-14(18)12(19-15(11)20)9-4-6-10(7-5-9)13(16)17/h2-8,13H,18H2,1H3. The number of benzene rings is 1. The van der Waals surface area contributed by atoms with E-state index < -0.39 is 6.43 Å². The number of fused-ring (bicyclic) bond motifs is 1. The van der Waals surface area contributed by atoms with Gasteiger partial charge in [0.25, 0.3) is 6.43 Å². The molecule has 2 aromatic heterocycles. The summed E-state index contributed by atoms with van der Waals surface area (Å²) in [6, 6.07) is 9.51. The number of nitrogens with two attached hydrogens (primary N) is 1. The van der Waals surface area contributed by atoms with E-state index in [0.717, 1.165) is 0 Å². The van der Waals surface area contributed by atoms with Gasteiger partial charge in [-0.05, 0) is 12.1 Å². The molecule has 0 bridgehead atoms. The predicted octanol–water partition coefficient (Wildman–Crippen LogP) is 3.53. The van der Waals surface area contributed by atoms with Crippen molar-refractivity contribution >= 4 is 11.5 Å². The summed E-state index contributed by atoms with van der Waals surface area (Å²) >= 11 is 0. The Morgan fingerprint density at radius 1 is 1.19 bits per heavy atom. The van der Waals surface area contributed by atoms with Gasteiger partial charge < -0.3 is 10.5 Å². The van der Waals surface area contributed by atoms with Crippen LogP contribution in [0.5, 0.6) is 5.75 Å². The number of hydrogen-bond acceptors (Lipinski definition) is 3. The summed E-state index contributed by atoms with van der Waals surface area (Å²) in [7, 11) is 1.55. The third-order valence-electron chi connectivity index (χ3n) is 3.31. The second-order valence-electron chi connectivity index (χ2n) is 4.54. The molecule has 2 heterocycles. The van der Waals surface area contributed by atoms with Crippen LogP contribution in [0.15, 0.2) is 42.6 Å². The fraction of sp³-hybridized carbons (Fsp3) is 0.133. The summed E-state index contributed by atoms with van der Waals surface area (Å²) in [5.74, 6) is 1.04. The molecular formula is C15H13F2N3O. The monoisotopic (exact) mass is 289 g/mol. The van der Waals surface area contributed by atoms with Crippen molar-refractivity contribution in [2.45, 2.75) is 6.43 Å². The summed E-state index contributed by atoms with van der Waals surface area (Å²) in [4.78, 5) is 4.45. The van der Waals surface area contributed by atoms with Crippen LogP contribution in [0.4, 0.5) is 14.6 Å². The molecule has 3 aromatic rings. The van der Waals surface area contributed by atoms with Crippen LogP contribution < -0.4 is 10.5 Å². The number of nitrogen functional groups attached to an aromatic ring is 1. The van der Waals surface area contributed by atoms with E-state index in [9.17, 15) is 8.78 Å². The number of aromatic nitrogens is 2. The number of methoxy groups -OCH3 is 1. The topological polar surface area (TPSA) is 52.5 Å². The third kappa shape index (κ3) is 2.18. The number of rotatable bonds is 3. The largest absolute Gasteiger partial charge is 0.493 e. The number of imidazole rings is 1. The molecule has 4 nitrogen and oxygen atoms in total. The van der Waals surface area contributed by atoms with Crippen molar-refractivity contribution in [3.05, 3.63) is 48.2 Å². The minimum absolute atomic E-state index is 0.0290. The Labute approximate surface area is 119 Å². The minimum atomic E-state index is -2.49. The summed E-state index contributed by atoms with van der Waals surface area (Å²) in [5.41, 5.74) is 7.87. The third-order valence-corrected chi connectivity index (χ3v) is 3.31. The Balaban J connectivity index is 2.14. The molecule has 6 heteroatoms. The smallest absolute Gasteiger partial charge is 0.263 e. The zero-order chi connectivity index (χ0) is 15.0. The SMILES string of the molecule is COc1cccn2c(N)c(-c3ccc(C(F)F)cc3)nc12. The zero-order valence-electron chi connectivity index (χ0n) is 11.3. The Hall–Kier alpha value is -2.63. The van der Waals surface area contributed by atoms with Crippen molar-refractivity contribution < 1.29 is 13.5 Å². The van der Waals surface area contributed by atoms with Gasteiger partial charge in [-0.25, -0.2) is 13.8 Å². The Morgan fingerprint density at radius 2 is 1.90 bits per heavy atom. The van der Waals surface area contributed by atoms with Crippen LogP contribution in [-0.4, -0.2) is 16.5 Å².